The summed E-state index contributed by atoms with van der Waals surface area (Å²) in [5, 5.41) is 4.22. The van der Waals surface area contributed by atoms with Crippen molar-refractivity contribution in [2.75, 3.05) is 11.9 Å². The van der Waals surface area contributed by atoms with Crippen molar-refractivity contribution in [3.8, 4) is 0 Å². The molecule has 3 nitrogen and oxygen atoms in total. The number of rotatable bonds is 6. The fraction of sp³-hybridized carbons (Fsp3) is 0.353. The van der Waals surface area contributed by atoms with Gasteiger partial charge in [0.25, 0.3) is 0 Å². The zero-order valence-corrected chi connectivity index (χ0v) is 13.6. The van der Waals surface area contributed by atoms with Gasteiger partial charge in [0.2, 0.25) is 0 Å². The Morgan fingerprint density at radius 2 is 2.10 bits per heavy atom. The van der Waals surface area contributed by atoms with E-state index in [0.29, 0.717) is 6.04 Å². The van der Waals surface area contributed by atoms with Gasteiger partial charge >= 0.3 is 0 Å². The summed E-state index contributed by atoms with van der Waals surface area (Å²) in [6, 6.07) is 10.6. The highest BCUT2D eigenvalue weighted by Crippen LogP contribution is 2.25. The van der Waals surface area contributed by atoms with Crippen LogP contribution < -0.4 is 10.2 Å². The van der Waals surface area contributed by atoms with Crippen LogP contribution in [0.2, 0.25) is 5.02 Å². The SMILES string of the molecule is CC(C)NCc1cc(Cl)ccc1N(C)Cc1cccnc1. The molecule has 21 heavy (non-hydrogen) atoms. The monoisotopic (exact) mass is 303 g/mol. The minimum atomic E-state index is 0.445. The molecule has 0 radical (unpaired) electrons. The highest BCUT2D eigenvalue weighted by Gasteiger charge is 2.09. The third kappa shape index (κ3) is 4.73. The van der Waals surface area contributed by atoms with Gasteiger partial charge in [0, 0.05) is 49.3 Å². The summed E-state index contributed by atoms with van der Waals surface area (Å²) < 4.78 is 0. The standard InChI is InChI=1S/C17H22ClN3/c1-13(2)20-11-15-9-16(18)6-7-17(15)21(3)12-14-5-4-8-19-10-14/h4-10,13,20H,11-12H2,1-3H3. The van der Waals surface area contributed by atoms with Crippen LogP contribution in [0.15, 0.2) is 42.7 Å². The third-order valence-electron chi connectivity index (χ3n) is 3.30. The molecule has 0 bridgehead atoms. The molecule has 1 heterocycles. The zero-order valence-electron chi connectivity index (χ0n) is 12.8. The molecule has 0 aliphatic carbocycles. The van der Waals surface area contributed by atoms with Gasteiger partial charge in [0.1, 0.15) is 0 Å². The van der Waals surface area contributed by atoms with E-state index in [1.165, 1.54) is 16.8 Å². The number of hydrogen-bond acceptors (Lipinski definition) is 3. The first-order valence-electron chi connectivity index (χ1n) is 7.18. The molecule has 0 saturated heterocycles. The molecule has 0 spiro atoms. The van der Waals surface area contributed by atoms with Crippen molar-refractivity contribution in [1.29, 1.82) is 0 Å². The summed E-state index contributed by atoms with van der Waals surface area (Å²) >= 11 is 6.14. The summed E-state index contributed by atoms with van der Waals surface area (Å²) in [4.78, 5) is 6.39. The van der Waals surface area contributed by atoms with Crippen LogP contribution in [0, 0.1) is 0 Å². The average Bonchev–Trinajstić information content (AvgIpc) is 2.46. The minimum Gasteiger partial charge on any atom is -0.370 e. The van der Waals surface area contributed by atoms with Gasteiger partial charge < -0.3 is 10.2 Å². The van der Waals surface area contributed by atoms with Gasteiger partial charge in [-0.05, 0) is 35.4 Å². The lowest BCUT2D eigenvalue weighted by Crippen LogP contribution is -2.24. The van der Waals surface area contributed by atoms with Crippen LogP contribution in [0.5, 0.6) is 0 Å². The summed E-state index contributed by atoms with van der Waals surface area (Å²) in [7, 11) is 2.09. The zero-order chi connectivity index (χ0) is 15.2. The maximum Gasteiger partial charge on any atom is 0.0441 e. The molecule has 0 amide bonds. The first-order chi connectivity index (χ1) is 10.1. The Kier molecular flexibility index (Phi) is 5.59. The predicted molar refractivity (Wildman–Crippen MR) is 89.8 cm³/mol. The van der Waals surface area contributed by atoms with Gasteiger partial charge in [-0.25, -0.2) is 0 Å². The molecular formula is C17H22ClN3. The lowest BCUT2D eigenvalue weighted by molar-refractivity contribution is 0.588. The highest BCUT2D eigenvalue weighted by atomic mass is 35.5. The molecule has 0 aliphatic heterocycles. The number of halogens is 1. The molecule has 112 valence electrons. The van der Waals surface area contributed by atoms with Crippen LogP contribution in [-0.2, 0) is 13.1 Å². The molecule has 1 N–H and O–H groups in total. The molecule has 2 aromatic rings. The Morgan fingerprint density at radius 3 is 2.76 bits per heavy atom. The Bertz CT molecular complexity index is 570. The van der Waals surface area contributed by atoms with Crippen LogP contribution >= 0.6 is 11.6 Å². The number of pyridine rings is 1. The molecule has 4 heteroatoms. The minimum absolute atomic E-state index is 0.445. The molecule has 0 fully saturated rings. The Morgan fingerprint density at radius 1 is 1.29 bits per heavy atom. The summed E-state index contributed by atoms with van der Waals surface area (Å²) in [6.45, 7) is 5.92. The average molecular weight is 304 g/mol. The normalized spacial score (nSPS) is 10.9. The largest absolute Gasteiger partial charge is 0.370 e. The van der Waals surface area contributed by atoms with Crippen molar-refractivity contribution in [2.24, 2.45) is 0 Å². The first-order valence-corrected chi connectivity index (χ1v) is 7.56. The summed E-state index contributed by atoms with van der Waals surface area (Å²) in [6.07, 6.45) is 3.70. The fourth-order valence-electron chi connectivity index (χ4n) is 2.23. The molecule has 0 saturated carbocycles. The molecular weight excluding hydrogens is 282 g/mol. The van der Waals surface area contributed by atoms with Crippen molar-refractivity contribution < 1.29 is 0 Å². The van der Waals surface area contributed by atoms with Crippen molar-refractivity contribution in [2.45, 2.75) is 33.0 Å². The fourth-order valence-corrected chi connectivity index (χ4v) is 2.43. The van der Waals surface area contributed by atoms with E-state index in [1.54, 1.807) is 6.20 Å². The number of hydrogen-bond donors (Lipinski definition) is 1. The highest BCUT2D eigenvalue weighted by molar-refractivity contribution is 6.30. The van der Waals surface area contributed by atoms with E-state index in [4.69, 9.17) is 11.6 Å². The number of aromatic nitrogens is 1. The van der Waals surface area contributed by atoms with Gasteiger partial charge in [-0.1, -0.05) is 31.5 Å². The van der Waals surface area contributed by atoms with Crippen LogP contribution in [-0.4, -0.2) is 18.1 Å². The van der Waals surface area contributed by atoms with Crippen molar-refractivity contribution in [3.05, 3.63) is 58.9 Å². The first kappa shape index (κ1) is 15.8. The van der Waals surface area contributed by atoms with Crippen molar-refractivity contribution in [1.82, 2.24) is 10.3 Å². The lowest BCUT2D eigenvalue weighted by Gasteiger charge is -2.23. The number of benzene rings is 1. The second kappa shape index (κ2) is 7.43. The van der Waals surface area contributed by atoms with Crippen LogP contribution in [0.25, 0.3) is 0 Å². The van der Waals surface area contributed by atoms with E-state index in [1.807, 2.05) is 24.4 Å². The van der Waals surface area contributed by atoms with Crippen LogP contribution in [0.1, 0.15) is 25.0 Å². The molecule has 0 aliphatic rings. The Hall–Kier alpha value is -1.58. The van der Waals surface area contributed by atoms with Crippen molar-refractivity contribution in [3.63, 3.8) is 0 Å². The number of anilines is 1. The van der Waals surface area contributed by atoms with Gasteiger partial charge in [0.05, 0.1) is 0 Å². The maximum atomic E-state index is 6.14. The van der Waals surface area contributed by atoms with E-state index in [-0.39, 0.29) is 0 Å². The summed E-state index contributed by atoms with van der Waals surface area (Å²) in [5.41, 5.74) is 3.59. The van der Waals surface area contributed by atoms with E-state index >= 15 is 0 Å². The third-order valence-corrected chi connectivity index (χ3v) is 3.53. The molecule has 0 unspecified atom stereocenters. The van der Waals surface area contributed by atoms with E-state index < -0.39 is 0 Å². The second-order valence-corrected chi connectivity index (χ2v) is 5.96. The van der Waals surface area contributed by atoms with E-state index in [0.717, 1.165) is 18.1 Å². The Balaban J connectivity index is 2.17. The topological polar surface area (TPSA) is 28.2 Å². The van der Waals surface area contributed by atoms with Crippen LogP contribution in [0.3, 0.4) is 0 Å². The quantitative estimate of drug-likeness (QED) is 0.878. The van der Waals surface area contributed by atoms with Crippen molar-refractivity contribution >= 4 is 17.3 Å². The van der Waals surface area contributed by atoms with Gasteiger partial charge in [-0.15, -0.1) is 0 Å². The number of nitrogens with zero attached hydrogens (tertiary/aromatic N) is 2. The van der Waals surface area contributed by atoms with Gasteiger partial charge in [0.15, 0.2) is 0 Å². The smallest absolute Gasteiger partial charge is 0.0441 e. The molecule has 1 aromatic heterocycles. The lowest BCUT2D eigenvalue weighted by atomic mass is 10.1. The number of nitrogens with one attached hydrogen (secondary N) is 1. The molecule has 0 atom stereocenters. The second-order valence-electron chi connectivity index (χ2n) is 5.53. The molecule has 2 rings (SSSR count). The molecule has 1 aromatic carbocycles. The van der Waals surface area contributed by atoms with E-state index in [2.05, 4.69) is 48.2 Å². The van der Waals surface area contributed by atoms with Crippen LogP contribution in [0.4, 0.5) is 5.69 Å². The van der Waals surface area contributed by atoms with Gasteiger partial charge in [-0.3, -0.25) is 4.98 Å². The van der Waals surface area contributed by atoms with Gasteiger partial charge in [-0.2, -0.15) is 0 Å². The Labute approximate surface area is 132 Å². The predicted octanol–water partition coefficient (Wildman–Crippen LogP) is 3.87. The van der Waals surface area contributed by atoms with E-state index in [9.17, 15) is 0 Å². The maximum absolute atomic E-state index is 6.14. The summed E-state index contributed by atoms with van der Waals surface area (Å²) in [5.74, 6) is 0.